The molecule has 0 radical (unpaired) electrons. The van der Waals surface area contributed by atoms with Crippen LogP contribution >= 0.6 is 0 Å². The van der Waals surface area contributed by atoms with Gasteiger partial charge in [0, 0.05) is 18.5 Å². The predicted octanol–water partition coefficient (Wildman–Crippen LogP) is 1.17. The lowest BCUT2D eigenvalue weighted by Crippen LogP contribution is -1.94. The van der Waals surface area contributed by atoms with Gasteiger partial charge in [-0.3, -0.25) is 0 Å². The van der Waals surface area contributed by atoms with Gasteiger partial charge in [-0.25, -0.2) is 14.2 Å². The molecule has 0 aromatic carbocycles. The minimum absolute atomic E-state index is 0.0920. The van der Waals surface area contributed by atoms with Crippen LogP contribution in [-0.4, -0.2) is 20.5 Å². The number of aromatic carboxylic acids is 1. The van der Waals surface area contributed by atoms with Crippen molar-refractivity contribution < 1.29 is 14.3 Å². The normalized spacial score (nSPS) is 10.5. The van der Waals surface area contributed by atoms with Crippen LogP contribution in [0.4, 0.5) is 4.39 Å². The second-order valence-electron chi connectivity index (χ2n) is 2.54. The summed E-state index contributed by atoms with van der Waals surface area (Å²) in [6, 6.07) is 2.41. The van der Waals surface area contributed by atoms with Crippen molar-refractivity contribution in [2.45, 2.75) is 0 Å². The number of fused-ring (bicyclic) bond motifs is 1. The highest BCUT2D eigenvalue weighted by atomic mass is 19.1. The number of nitrogens with zero attached hydrogens (tertiary/aromatic N) is 2. The van der Waals surface area contributed by atoms with E-state index in [2.05, 4.69) is 4.98 Å². The third kappa shape index (κ3) is 1.24. The van der Waals surface area contributed by atoms with Crippen molar-refractivity contribution in [2.75, 3.05) is 0 Å². The molecular formula is C8H5FN2O2. The zero-order valence-electron chi connectivity index (χ0n) is 6.44. The zero-order valence-corrected chi connectivity index (χ0v) is 6.44. The van der Waals surface area contributed by atoms with Crippen molar-refractivity contribution in [1.82, 2.24) is 9.38 Å². The van der Waals surface area contributed by atoms with E-state index in [-0.39, 0.29) is 11.3 Å². The van der Waals surface area contributed by atoms with Gasteiger partial charge in [-0.2, -0.15) is 0 Å². The summed E-state index contributed by atoms with van der Waals surface area (Å²) in [7, 11) is 0. The molecule has 0 amide bonds. The molecule has 0 aliphatic heterocycles. The quantitative estimate of drug-likeness (QED) is 0.716. The van der Waals surface area contributed by atoms with E-state index in [0.29, 0.717) is 0 Å². The fraction of sp³-hybridized carbons (Fsp3) is 0. The molecule has 4 nitrogen and oxygen atoms in total. The molecule has 2 aromatic heterocycles. The van der Waals surface area contributed by atoms with Crippen LogP contribution in [0.15, 0.2) is 24.5 Å². The molecule has 2 rings (SSSR count). The number of hydrogen-bond donors (Lipinski definition) is 1. The monoisotopic (exact) mass is 180 g/mol. The second kappa shape index (κ2) is 2.55. The molecule has 0 spiro atoms. The van der Waals surface area contributed by atoms with Crippen molar-refractivity contribution in [3.8, 4) is 0 Å². The Morgan fingerprint density at radius 2 is 2.38 bits per heavy atom. The lowest BCUT2D eigenvalue weighted by atomic mass is 10.4. The number of aromatic nitrogens is 2. The summed E-state index contributed by atoms with van der Waals surface area (Å²) in [5.41, 5.74) is 0.197. The van der Waals surface area contributed by atoms with Gasteiger partial charge >= 0.3 is 5.97 Å². The summed E-state index contributed by atoms with van der Waals surface area (Å²) in [5, 5.41) is 8.59. The van der Waals surface area contributed by atoms with Crippen LogP contribution < -0.4 is 0 Å². The van der Waals surface area contributed by atoms with Crippen LogP contribution in [0, 0.1) is 5.82 Å². The third-order valence-electron chi connectivity index (χ3n) is 1.64. The van der Waals surface area contributed by atoms with Crippen molar-refractivity contribution in [3.05, 3.63) is 36.0 Å². The highest BCUT2D eigenvalue weighted by Gasteiger charge is 2.08. The van der Waals surface area contributed by atoms with Crippen molar-refractivity contribution in [2.24, 2.45) is 0 Å². The average Bonchev–Trinajstić information content (AvgIpc) is 2.46. The number of carboxylic acid groups (broad SMARTS) is 1. The first-order valence-electron chi connectivity index (χ1n) is 3.54. The molecule has 2 heterocycles. The SMILES string of the molecule is O=C(O)c1cn2ccc(F)cc2n1. The van der Waals surface area contributed by atoms with Gasteiger partial charge in [0.2, 0.25) is 0 Å². The molecule has 66 valence electrons. The van der Waals surface area contributed by atoms with E-state index in [9.17, 15) is 9.18 Å². The van der Waals surface area contributed by atoms with Gasteiger partial charge in [0.25, 0.3) is 0 Å². The molecule has 0 aliphatic rings. The number of rotatable bonds is 1. The van der Waals surface area contributed by atoms with Crippen LogP contribution in [0.2, 0.25) is 0 Å². The van der Waals surface area contributed by atoms with Crippen LogP contribution in [0.25, 0.3) is 5.65 Å². The molecule has 13 heavy (non-hydrogen) atoms. The summed E-state index contributed by atoms with van der Waals surface area (Å²) < 4.78 is 14.1. The van der Waals surface area contributed by atoms with Gasteiger partial charge in [0.15, 0.2) is 5.69 Å². The van der Waals surface area contributed by atoms with Crippen molar-refractivity contribution >= 4 is 11.6 Å². The fourth-order valence-corrected chi connectivity index (χ4v) is 1.06. The van der Waals surface area contributed by atoms with Crippen LogP contribution in [0.1, 0.15) is 10.5 Å². The van der Waals surface area contributed by atoms with E-state index >= 15 is 0 Å². The van der Waals surface area contributed by atoms with Crippen molar-refractivity contribution in [3.63, 3.8) is 0 Å². The maximum atomic E-state index is 12.6. The highest BCUT2D eigenvalue weighted by Crippen LogP contribution is 2.06. The molecular weight excluding hydrogens is 175 g/mol. The van der Waals surface area contributed by atoms with Gasteiger partial charge in [0.05, 0.1) is 0 Å². The van der Waals surface area contributed by atoms with Gasteiger partial charge < -0.3 is 9.51 Å². The number of imidazole rings is 1. The number of carbonyl (C=O) groups is 1. The lowest BCUT2D eigenvalue weighted by molar-refractivity contribution is 0.0691. The summed E-state index contributed by atoms with van der Waals surface area (Å²) in [6.45, 7) is 0. The number of hydrogen-bond acceptors (Lipinski definition) is 2. The largest absolute Gasteiger partial charge is 0.476 e. The predicted molar refractivity (Wildman–Crippen MR) is 42.1 cm³/mol. The summed E-state index contributed by atoms with van der Waals surface area (Å²) in [6.07, 6.45) is 2.75. The van der Waals surface area contributed by atoms with Crippen LogP contribution in [-0.2, 0) is 0 Å². The van der Waals surface area contributed by atoms with E-state index in [0.717, 1.165) is 0 Å². The molecule has 0 bridgehead atoms. The van der Waals surface area contributed by atoms with Gasteiger partial charge in [-0.05, 0) is 6.07 Å². The molecule has 0 saturated heterocycles. The molecule has 0 unspecified atom stereocenters. The van der Waals surface area contributed by atoms with Crippen molar-refractivity contribution in [1.29, 1.82) is 0 Å². The second-order valence-corrected chi connectivity index (χ2v) is 2.54. The Morgan fingerprint density at radius 1 is 1.62 bits per heavy atom. The molecule has 2 aromatic rings. The minimum Gasteiger partial charge on any atom is -0.476 e. The Kier molecular flexibility index (Phi) is 1.51. The van der Waals surface area contributed by atoms with Gasteiger partial charge in [-0.15, -0.1) is 0 Å². The molecule has 5 heteroatoms. The minimum atomic E-state index is -1.12. The molecule has 0 saturated carbocycles. The van der Waals surface area contributed by atoms with Gasteiger partial charge in [-0.1, -0.05) is 0 Å². The first kappa shape index (κ1) is 7.72. The third-order valence-corrected chi connectivity index (χ3v) is 1.64. The van der Waals surface area contributed by atoms with E-state index in [1.54, 1.807) is 0 Å². The Bertz CT molecular complexity index is 478. The number of carboxylic acids is 1. The Labute approximate surface area is 72.3 Å². The molecule has 1 N–H and O–H groups in total. The first-order chi connectivity index (χ1) is 6.16. The smallest absolute Gasteiger partial charge is 0.356 e. The van der Waals surface area contributed by atoms with E-state index < -0.39 is 11.8 Å². The standard InChI is InChI=1S/C8H5FN2O2/c9-5-1-2-11-4-6(8(12)13)10-7(11)3-5/h1-4H,(H,12,13). The maximum Gasteiger partial charge on any atom is 0.356 e. The van der Waals surface area contributed by atoms with E-state index in [1.165, 1.54) is 28.9 Å². The molecule has 0 aliphatic carbocycles. The Hall–Kier alpha value is -1.91. The van der Waals surface area contributed by atoms with Gasteiger partial charge in [0.1, 0.15) is 11.5 Å². The lowest BCUT2D eigenvalue weighted by Gasteiger charge is -1.89. The van der Waals surface area contributed by atoms with E-state index in [4.69, 9.17) is 5.11 Å². The molecule has 0 atom stereocenters. The summed E-state index contributed by atoms with van der Waals surface area (Å²) >= 11 is 0. The number of pyridine rings is 1. The fourth-order valence-electron chi connectivity index (χ4n) is 1.06. The Balaban J connectivity index is 2.68. The first-order valence-corrected chi connectivity index (χ1v) is 3.54. The highest BCUT2D eigenvalue weighted by molar-refractivity contribution is 5.86. The molecule has 0 fully saturated rings. The zero-order chi connectivity index (χ0) is 9.42. The van der Waals surface area contributed by atoms with Crippen LogP contribution in [0.5, 0.6) is 0 Å². The summed E-state index contributed by atoms with van der Waals surface area (Å²) in [4.78, 5) is 14.2. The van der Waals surface area contributed by atoms with E-state index in [1.807, 2.05) is 0 Å². The summed E-state index contributed by atoms with van der Waals surface area (Å²) in [5.74, 6) is -1.56. The average molecular weight is 180 g/mol. The number of halogens is 1. The maximum absolute atomic E-state index is 12.6. The topological polar surface area (TPSA) is 54.6 Å². The Morgan fingerprint density at radius 3 is 3.08 bits per heavy atom. The van der Waals surface area contributed by atoms with Crippen LogP contribution in [0.3, 0.4) is 0 Å².